The molecule has 1 aliphatic carbocycles. The van der Waals surface area contributed by atoms with Crippen LogP contribution < -0.4 is 10.9 Å². The van der Waals surface area contributed by atoms with E-state index in [0.29, 0.717) is 25.1 Å². The van der Waals surface area contributed by atoms with Crippen LogP contribution in [0.1, 0.15) is 49.8 Å². The summed E-state index contributed by atoms with van der Waals surface area (Å²) in [6.07, 6.45) is 7.68. The third-order valence-electron chi connectivity index (χ3n) is 6.39. The average molecular weight is 409 g/mol. The van der Waals surface area contributed by atoms with Gasteiger partial charge in [-0.25, -0.2) is 4.98 Å². The lowest BCUT2D eigenvalue weighted by Crippen LogP contribution is -2.35. The first-order valence-electron chi connectivity index (χ1n) is 11.4. The Kier molecular flexibility index (Phi) is 6.95. The molecule has 2 aliphatic rings. The summed E-state index contributed by atoms with van der Waals surface area (Å²) in [7, 11) is 0. The van der Waals surface area contributed by atoms with Gasteiger partial charge in [0.05, 0.1) is 5.69 Å². The summed E-state index contributed by atoms with van der Waals surface area (Å²) in [6.45, 7) is 4.19. The van der Waals surface area contributed by atoms with E-state index in [9.17, 15) is 9.59 Å². The van der Waals surface area contributed by atoms with Crippen LogP contribution in [0, 0.1) is 5.92 Å². The van der Waals surface area contributed by atoms with E-state index in [-0.39, 0.29) is 17.4 Å². The summed E-state index contributed by atoms with van der Waals surface area (Å²) in [4.78, 5) is 35.5. The van der Waals surface area contributed by atoms with Gasteiger partial charge < -0.3 is 15.2 Å². The van der Waals surface area contributed by atoms with Crippen LogP contribution in [0.5, 0.6) is 0 Å². The molecular weight excluding hydrogens is 376 g/mol. The molecule has 0 spiro atoms. The van der Waals surface area contributed by atoms with Crippen molar-refractivity contribution in [1.29, 1.82) is 0 Å². The number of rotatable bonds is 6. The number of carbonyl (C=O) groups excluding carboxylic acids is 1. The van der Waals surface area contributed by atoms with Crippen molar-refractivity contribution in [3.8, 4) is 11.4 Å². The SMILES string of the molecule is O=C(NCCCN1CCCCC1)C1CCc2nc(-c3ccccc3)[nH]c(=O)c2CC1. The maximum absolute atomic E-state index is 12.7. The van der Waals surface area contributed by atoms with E-state index in [2.05, 4.69) is 15.2 Å². The highest BCUT2D eigenvalue weighted by Gasteiger charge is 2.25. The molecule has 2 aromatic rings. The standard InChI is InChI=1S/C24H32N4O2/c29-23(25-14-7-17-28-15-5-2-6-16-28)19-10-12-20-21(13-11-19)26-22(27-24(20)30)18-8-3-1-4-9-18/h1,3-4,8-9,19H,2,5-7,10-17H2,(H,25,29)(H,26,27,30). The number of benzene rings is 1. The van der Waals surface area contributed by atoms with Crippen LogP contribution in [0.4, 0.5) is 0 Å². The van der Waals surface area contributed by atoms with Gasteiger partial charge in [-0.3, -0.25) is 9.59 Å². The van der Waals surface area contributed by atoms with Gasteiger partial charge in [0.15, 0.2) is 0 Å². The summed E-state index contributed by atoms with van der Waals surface area (Å²) in [5.41, 5.74) is 2.43. The number of piperidine rings is 1. The molecule has 1 saturated heterocycles. The zero-order chi connectivity index (χ0) is 20.8. The Balaban J connectivity index is 1.31. The highest BCUT2D eigenvalue weighted by atomic mass is 16.2. The van der Waals surface area contributed by atoms with Crippen LogP contribution in [0.15, 0.2) is 35.1 Å². The van der Waals surface area contributed by atoms with Crippen LogP contribution in [0.2, 0.25) is 0 Å². The van der Waals surface area contributed by atoms with E-state index in [4.69, 9.17) is 4.98 Å². The van der Waals surface area contributed by atoms with E-state index in [1.54, 1.807) is 0 Å². The first-order valence-corrected chi connectivity index (χ1v) is 11.4. The van der Waals surface area contributed by atoms with Crippen molar-refractivity contribution in [2.75, 3.05) is 26.2 Å². The molecule has 2 N–H and O–H groups in total. The predicted octanol–water partition coefficient (Wildman–Crippen LogP) is 2.92. The summed E-state index contributed by atoms with van der Waals surface area (Å²) >= 11 is 0. The number of hydrogen-bond acceptors (Lipinski definition) is 4. The van der Waals surface area contributed by atoms with E-state index >= 15 is 0 Å². The molecule has 1 unspecified atom stereocenters. The molecule has 1 amide bonds. The summed E-state index contributed by atoms with van der Waals surface area (Å²) < 4.78 is 0. The number of likely N-dealkylation sites (tertiary alicyclic amines) is 1. The Morgan fingerprint density at radius 3 is 2.67 bits per heavy atom. The second kappa shape index (κ2) is 10.0. The van der Waals surface area contributed by atoms with Gasteiger partial charge in [0.2, 0.25) is 5.91 Å². The number of fused-ring (bicyclic) bond motifs is 1. The normalized spacial score (nSPS) is 19.7. The number of H-pyrrole nitrogens is 1. The van der Waals surface area contributed by atoms with Gasteiger partial charge in [-0.05, 0) is 64.6 Å². The molecular formula is C24H32N4O2. The fourth-order valence-electron chi connectivity index (χ4n) is 4.62. The zero-order valence-electron chi connectivity index (χ0n) is 17.7. The molecule has 6 heteroatoms. The minimum absolute atomic E-state index is 0.0474. The third-order valence-corrected chi connectivity index (χ3v) is 6.39. The van der Waals surface area contributed by atoms with Crippen LogP contribution in [0.25, 0.3) is 11.4 Å². The molecule has 4 rings (SSSR count). The van der Waals surface area contributed by atoms with Crippen LogP contribution in [0.3, 0.4) is 0 Å². The molecule has 0 bridgehead atoms. The van der Waals surface area contributed by atoms with Crippen molar-refractivity contribution in [2.45, 2.75) is 51.4 Å². The smallest absolute Gasteiger partial charge is 0.254 e. The zero-order valence-corrected chi connectivity index (χ0v) is 17.7. The first kappa shape index (κ1) is 20.8. The maximum atomic E-state index is 12.7. The minimum Gasteiger partial charge on any atom is -0.356 e. The number of nitrogens with one attached hydrogen (secondary N) is 2. The van der Waals surface area contributed by atoms with Gasteiger partial charge in [-0.2, -0.15) is 0 Å². The molecule has 0 radical (unpaired) electrons. The van der Waals surface area contributed by atoms with Gasteiger partial charge >= 0.3 is 0 Å². The Morgan fingerprint density at radius 2 is 1.87 bits per heavy atom. The Morgan fingerprint density at radius 1 is 1.10 bits per heavy atom. The first-order chi connectivity index (χ1) is 14.7. The van der Waals surface area contributed by atoms with Crippen molar-refractivity contribution < 1.29 is 4.79 Å². The fraction of sp³-hybridized carbons (Fsp3) is 0.542. The molecule has 1 aromatic heterocycles. The molecule has 160 valence electrons. The van der Waals surface area contributed by atoms with Gasteiger partial charge in [0.1, 0.15) is 5.82 Å². The Hall–Kier alpha value is -2.47. The monoisotopic (exact) mass is 408 g/mol. The van der Waals surface area contributed by atoms with Crippen LogP contribution >= 0.6 is 0 Å². The van der Waals surface area contributed by atoms with Crippen LogP contribution in [-0.2, 0) is 17.6 Å². The lowest BCUT2D eigenvalue weighted by molar-refractivity contribution is -0.125. The molecule has 30 heavy (non-hydrogen) atoms. The van der Waals surface area contributed by atoms with E-state index < -0.39 is 0 Å². The summed E-state index contributed by atoms with van der Waals surface area (Å²) in [6, 6.07) is 9.71. The number of aryl methyl sites for hydroxylation is 1. The van der Waals surface area contributed by atoms with Crippen LogP contribution in [-0.4, -0.2) is 47.0 Å². The van der Waals surface area contributed by atoms with Gasteiger partial charge in [-0.15, -0.1) is 0 Å². The number of amides is 1. The Labute approximate surface area is 178 Å². The topological polar surface area (TPSA) is 78.1 Å². The maximum Gasteiger partial charge on any atom is 0.254 e. The van der Waals surface area contributed by atoms with Gasteiger partial charge in [0.25, 0.3) is 5.56 Å². The molecule has 1 aromatic carbocycles. The minimum atomic E-state index is -0.0681. The molecule has 6 nitrogen and oxygen atoms in total. The highest BCUT2D eigenvalue weighted by Crippen LogP contribution is 2.23. The molecule has 2 heterocycles. The van der Waals surface area contributed by atoms with E-state index in [1.165, 1.54) is 32.4 Å². The number of nitrogens with zero attached hydrogens (tertiary/aromatic N) is 2. The third kappa shape index (κ3) is 5.17. The summed E-state index contributed by atoms with van der Waals surface area (Å²) in [5, 5.41) is 3.13. The largest absolute Gasteiger partial charge is 0.356 e. The molecule has 1 atom stereocenters. The van der Waals surface area contributed by atoms with E-state index in [0.717, 1.165) is 42.8 Å². The average Bonchev–Trinajstić information content (AvgIpc) is 3.01. The number of aromatic amines is 1. The molecule has 1 aliphatic heterocycles. The second-order valence-corrected chi connectivity index (χ2v) is 8.53. The highest BCUT2D eigenvalue weighted by molar-refractivity contribution is 5.78. The fourth-order valence-corrected chi connectivity index (χ4v) is 4.62. The van der Waals surface area contributed by atoms with E-state index in [1.807, 2.05) is 30.3 Å². The molecule has 1 fully saturated rings. The summed E-state index contributed by atoms with van der Waals surface area (Å²) in [5.74, 6) is 0.690. The van der Waals surface area contributed by atoms with Crippen molar-refractivity contribution in [1.82, 2.24) is 20.2 Å². The second-order valence-electron chi connectivity index (χ2n) is 8.53. The number of aromatic nitrogens is 2. The van der Waals surface area contributed by atoms with Gasteiger partial charge in [0, 0.05) is 23.6 Å². The number of hydrogen-bond donors (Lipinski definition) is 2. The van der Waals surface area contributed by atoms with Crippen molar-refractivity contribution >= 4 is 5.91 Å². The Bertz CT molecular complexity index is 903. The van der Waals surface area contributed by atoms with Crippen molar-refractivity contribution in [3.63, 3.8) is 0 Å². The van der Waals surface area contributed by atoms with Gasteiger partial charge in [-0.1, -0.05) is 36.8 Å². The lowest BCUT2D eigenvalue weighted by Gasteiger charge is -2.26. The number of carbonyl (C=O) groups is 1. The lowest BCUT2D eigenvalue weighted by atomic mass is 9.99. The predicted molar refractivity (Wildman–Crippen MR) is 118 cm³/mol. The van der Waals surface area contributed by atoms with Crippen molar-refractivity contribution in [3.05, 3.63) is 51.9 Å². The molecule has 0 saturated carbocycles. The quantitative estimate of drug-likeness (QED) is 0.569. The van der Waals surface area contributed by atoms with Crippen molar-refractivity contribution in [2.24, 2.45) is 5.92 Å².